The van der Waals surface area contributed by atoms with Crippen molar-refractivity contribution in [1.29, 1.82) is 0 Å². The number of carboxylic acid groups (broad SMARTS) is 1. The van der Waals surface area contributed by atoms with Gasteiger partial charge in [0.15, 0.2) is 0 Å². The van der Waals surface area contributed by atoms with Gasteiger partial charge in [-0.25, -0.2) is 4.39 Å². The van der Waals surface area contributed by atoms with Gasteiger partial charge in [0.1, 0.15) is 11.6 Å². The van der Waals surface area contributed by atoms with Crippen LogP contribution in [0.15, 0.2) is 48.5 Å². The number of amides is 1. The summed E-state index contributed by atoms with van der Waals surface area (Å²) in [6, 6.07) is 13.2. The van der Waals surface area contributed by atoms with Crippen LogP contribution in [0.2, 0.25) is 0 Å². The average Bonchev–Trinajstić information content (AvgIpc) is 2.66. The summed E-state index contributed by atoms with van der Waals surface area (Å²) in [6.45, 7) is 2.53. The van der Waals surface area contributed by atoms with E-state index in [1.165, 1.54) is 12.1 Å². The molecule has 0 saturated heterocycles. The lowest BCUT2D eigenvalue weighted by Gasteiger charge is -2.14. The van der Waals surface area contributed by atoms with Crippen molar-refractivity contribution in [3.63, 3.8) is 0 Å². The molecule has 0 heterocycles. The molecule has 6 heteroatoms. The van der Waals surface area contributed by atoms with E-state index in [9.17, 15) is 19.1 Å². The molecule has 1 unspecified atom stereocenters. The van der Waals surface area contributed by atoms with Gasteiger partial charge in [0.25, 0.3) is 0 Å². The summed E-state index contributed by atoms with van der Waals surface area (Å²) >= 11 is 0. The smallest absolute Gasteiger partial charge is 0.308 e. The SMILES string of the molecule is CCOc1ccc(CC(CNC(=O)CCc2ccc(F)cc2)C(=O)O)cc1. The Morgan fingerprint density at radius 1 is 1.07 bits per heavy atom. The molecule has 0 aliphatic heterocycles. The van der Waals surface area contributed by atoms with Gasteiger partial charge in [0.05, 0.1) is 12.5 Å². The number of aryl methyl sites for hydroxylation is 1. The van der Waals surface area contributed by atoms with Gasteiger partial charge in [-0.2, -0.15) is 0 Å². The Morgan fingerprint density at radius 3 is 2.30 bits per heavy atom. The molecule has 0 radical (unpaired) electrons. The molecule has 5 nitrogen and oxygen atoms in total. The van der Waals surface area contributed by atoms with Gasteiger partial charge in [0, 0.05) is 13.0 Å². The Bertz CT molecular complexity index is 744. The highest BCUT2D eigenvalue weighted by Crippen LogP contribution is 2.15. The van der Waals surface area contributed by atoms with Crippen LogP contribution in [0.1, 0.15) is 24.5 Å². The first-order valence-electron chi connectivity index (χ1n) is 8.93. The first-order chi connectivity index (χ1) is 13.0. The second kappa shape index (κ2) is 10.3. The third kappa shape index (κ3) is 7.09. The third-order valence-electron chi connectivity index (χ3n) is 4.17. The maximum atomic E-state index is 12.9. The standard InChI is InChI=1S/C21H24FNO4/c1-2-27-19-10-5-16(6-11-19)13-17(21(25)26)14-23-20(24)12-7-15-3-8-18(22)9-4-15/h3-6,8-11,17H,2,7,12-14H2,1H3,(H,23,24)(H,25,26). The minimum absolute atomic E-state index is 0.0603. The van der Waals surface area contributed by atoms with Crippen molar-refractivity contribution in [3.8, 4) is 5.75 Å². The molecular weight excluding hydrogens is 349 g/mol. The molecule has 2 rings (SSSR count). The largest absolute Gasteiger partial charge is 0.494 e. The monoisotopic (exact) mass is 373 g/mol. The van der Waals surface area contributed by atoms with Gasteiger partial charge in [-0.15, -0.1) is 0 Å². The molecule has 1 atom stereocenters. The minimum atomic E-state index is -0.956. The van der Waals surface area contributed by atoms with E-state index in [1.807, 2.05) is 19.1 Å². The third-order valence-corrected chi connectivity index (χ3v) is 4.17. The van der Waals surface area contributed by atoms with Crippen LogP contribution in [0.3, 0.4) is 0 Å². The van der Waals surface area contributed by atoms with E-state index in [0.29, 0.717) is 19.4 Å². The summed E-state index contributed by atoms with van der Waals surface area (Å²) in [5.41, 5.74) is 1.72. The number of hydrogen-bond donors (Lipinski definition) is 2. The minimum Gasteiger partial charge on any atom is -0.494 e. The Kier molecular flexibility index (Phi) is 7.79. The summed E-state index contributed by atoms with van der Waals surface area (Å²) in [7, 11) is 0. The van der Waals surface area contributed by atoms with Crippen molar-refractivity contribution < 1.29 is 23.8 Å². The first kappa shape index (κ1) is 20.4. The second-order valence-corrected chi connectivity index (χ2v) is 6.25. The van der Waals surface area contributed by atoms with Crippen molar-refractivity contribution in [1.82, 2.24) is 5.32 Å². The Hall–Kier alpha value is -2.89. The maximum Gasteiger partial charge on any atom is 0.308 e. The van der Waals surface area contributed by atoms with Crippen LogP contribution >= 0.6 is 0 Å². The number of benzene rings is 2. The van der Waals surface area contributed by atoms with E-state index in [4.69, 9.17) is 4.74 Å². The highest BCUT2D eigenvalue weighted by atomic mass is 19.1. The molecule has 0 fully saturated rings. The molecule has 0 aliphatic rings. The van der Waals surface area contributed by atoms with Crippen LogP contribution in [0.5, 0.6) is 5.75 Å². The summed E-state index contributed by atoms with van der Waals surface area (Å²) in [4.78, 5) is 23.5. The zero-order valence-electron chi connectivity index (χ0n) is 15.3. The van der Waals surface area contributed by atoms with Crippen LogP contribution in [0.25, 0.3) is 0 Å². The first-order valence-corrected chi connectivity index (χ1v) is 8.93. The summed E-state index contributed by atoms with van der Waals surface area (Å²) < 4.78 is 18.2. The molecule has 1 amide bonds. The lowest BCUT2D eigenvalue weighted by atomic mass is 9.99. The second-order valence-electron chi connectivity index (χ2n) is 6.25. The van der Waals surface area contributed by atoms with Gasteiger partial charge in [-0.1, -0.05) is 24.3 Å². The summed E-state index contributed by atoms with van der Waals surface area (Å²) in [5.74, 6) is -1.47. The van der Waals surface area contributed by atoms with Gasteiger partial charge in [0.2, 0.25) is 5.91 Å². The fourth-order valence-corrected chi connectivity index (χ4v) is 2.65. The molecular formula is C21H24FNO4. The number of ether oxygens (including phenoxy) is 1. The van der Waals surface area contributed by atoms with Crippen LogP contribution in [0.4, 0.5) is 4.39 Å². The lowest BCUT2D eigenvalue weighted by Crippen LogP contribution is -2.34. The topological polar surface area (TPSA) is 75.6 Å². The van der Waals surface area contributed by atoms with Crippen LogP contribution in [0, 0.1) is 11.7 Å². The molecule has 0 bridgehead atoms. The normalized spacial score (nSPS) is 11.6. The predicted molar refractivity (Wildman–Crippen MR) is 100 cm³/mol. The van der Waals surface area contributed by atoms with Gasteiger partial charge in [-0.3, -0.25) is 9.59 Å². The van der Waals surface area contributed by atoms with Gasteiger partial charge in [-0.05, 0) is 55.2 Å². The molecule has 0 aromatic heterocycles. The van der Waals surface area contributed by atoms with E-state index in [1.54, 1.807) is 24.3 Å². The number of halogens is 1. The van der Waals surface area contributed by atoms with Crippen molar-refractivity contribution in [3.05, 3.63) is 65.5 Å². The Labute approximate surface area is 158 Å². The lowest BCUT2D eigenvalue weighted by molar-refractivity contribution is -0.141. The quantitative estimate of drug-likeness (QED) is 0.671. The van der Waals surface area contributed by atoms with E-state index in [0.717, 1.165) is 16.9 Å². The summed E-state index contributed by atoms with van der Waals surface area (Å²) in [5, 5.41) is 12.1. The molecule has 27 heavy (non-hydrogen) atoms. The Morgan fingerprint density at radius 2 is 1.70 bits per heavy atom. The van der Waals surface area contributed by atoms with E-state index >= 15 is 0 Å². The van der Waals surface area contributed by atoms with Crippen molar-refractivity contribution in [2.45, 2.75) is 26.2 Å². The zero-order valence-corrected chi connectivity index (χ0v) is 15.3. The number of rotatable bonds is 10. The van der Waals surface area contributed by atoms with E-state index in [-0.39, 0.29) is 24.7 Å². The highest BCUT2D eigenvalue weighted by molar-refractivity contribution is 5.77. The molecule has 2 aromatic rings. The van der Waals surface area contributed by atoms with Gasteiger partial charge >= 0.3 is 5.97 Å². The highest BCUT2D eigenvalue weighted by Gasteiger charge is 2.19. The van der Waals surface area contributed by atoms with Crippen LogP contribution < -0.4 is 10.1 Å². The number of carbonyl (C=O) groups is 2. The van der Waals surface area contributed by atoms with Crippen molar-refractivity contribution in [2.24, 2.45) is 5.92 Å². The average molecular weight is 373 g/mol. The number of aliphatic carboxylic acids is 1. The molecule has 2 N–H and O–H groups in total. The maximum absolute atomic E-state index is 12.9. The molecule has 0 aliphatic carbocycles. The molecule has 0 saturated carbocycles. The van der Waals surface area contributed by atoms with Gasteiger partial charge < -0.3 is 15.2 Å². The predicted octanol–water partition coefficient (Wildman–Crippen LogP) is 3.22. The van der Waals surface area contributed by atoms with E-state index in [2.05, 4.69) is 5.32 Å². The molecule has 0 spiro atoms. The number of carbonyl (C=O) groups excluding carboxylic acids is 1. The van der Waals surface area contributed by atoms with Crippen molar-refractivity contribution in [2.75, 3.05) is 13.2 Å². The number of hydrogen-bond acceptors (Lipinski definition) is 3. The van der Waals surface area contributed by atoms with Crippen molar-refractivity contribution >= 4 is 11.9 Å². The zero-order chi connectivity index (χ0) is 19.6. The fourth-order valence-electron chi connectivity index (χ4n) is 2.65. The molecule has 2 aromatic carbocycles. The summed E-state index contributed by atoms with van der Waals surface area (Å²) in [6.07, 6.45) is 1.02. The molecule has 144 valence electrons. The van der Waals surface area contributed by atoms with Crippen LogP contribution in [-0.4, -0.2) is 30.1 Å². The Balaban J connectivity index is 1.81. The number of carboxylic acids is 1. The fraction of sp³-hybridized carbons (Fsp3) is 0.333. The van der Waals surface area contributed by atoms with E-state index < -0.39 is 11.9 Å². The van der Waals surface area contributed by atoms with Crippen LogP contribution in [-0.2, 0) is 22.4 Å². The number of nitrogens with one attached hydrogen (secondary N) is 1.